The van der Waals surface area contributed by atoms with Gasteiger partial charge in [-0.05, 0) is 42.8 Å². The average molecular weight is 338 g/mol. The van der Waals surface area contributed by atoms with Crippen molar-refractivity contribution in [1.82, 2.24) is 20.3 Å². The van der Waals surface area contributed by atoms with E-state index in [1.165, 1.54) is 0 Å². The van der Waals surface area contributed by atoms with Gasteiger partial charge in [0.2, 0.25) is 5.91 Å². The molecule has 1 aliphatic rings. The SMILES string of the molecule is COc1ccc(-n2cc(CNC(=O)C3CC3c3ccco3)nn2)cc1. The Labute approximate surface area is 144 Å². The molecule has 0 aliphatic heterocycles. The lowest BCUT2D eigenvalue weighted by molar-refractivity contribution is -0.122. The van der Waals surface area contributed by atoms with E-state index in [0.29, 0.717) is 12.2 Å². The van der Waals surface area contributed by atoms with Crippen LogP contribution in [0.2, 0.25) is 0 Å². The number of hydrogen-bond acceptors (Lipinski definition) is 5. The first-order valence-corrected chi connectivity index (χ1v) is 8.11. The molecule has 1 fully saturated rings. The van der Waals surface area contributed by atoms with Gasteiger partial charge >= 0.3 is 0 Å². The van der Waals surface area contributed by atoms with E-state index < -0.39 is 0 Å². The molecule has 128 valence electrons. The Morgan fingerprint density at radius 3 is 2.92 bits per heavy atom. The second-order valence-corrected chi connectivity index (χ2v) is 6.03. The summed E-state index contributed by atoms with van der Waals surface area (Å²) in [6, 6.07) is 11.3. The highest BCUT2D eigenvalue weighted by Gasteiger charge is 2.45. The summed E-state index contributed by atoms with van der Waals surface area (Å²) in [5.74, 6) is 1.88. The summed E-state index contributed by atoms with van der Waals surface area (Å²) in [6.07, 6.45) is 4.27. The van der Waals surface area contributed by atoms with Crippen LogP contribution in [0, 0.1) is 5.92 Å². The van der Waals surface area contributed by atoms with E-state index in [1.54, 1.807) is 24.3 Å². The van der Waals surface area contributed by atoms with E-state index in [1.807, 2.05) is 36.4 Å². The van der Waals surface area contributed by atoms with Crippen LogP contribution in [0.4, 0.5) is 0 Å². The highest BCUT2D eigenvalue weighted by molar-refractivity contribution is 5.82. The number of nitrogens with one attached hydrogen (secondary N) is 1. The molecule has 1 amide bonds. The van der Waals surface area contributed by atoms with Crippen molar-refractivity contribution >= 4 is 5.91 Å². The molecule has 7 heteroatoms. The number of rotatable bonds is 6. The zero-order valence-electron chi connectivity index (χ0n) is 13.8. The molecular formula is C18H18N4O3. The van der Waals surface area contributed by atoms with Gasteiger partial charge in [-0.2, -0.15) is 0 Å². The molecule has 1 N–H and O–H groups in total. The highest BCUT2D eigenvalue weighted by atomic mass is 16.5. The molecule has 2 atom stereocenters. The first-order valence-electron chi connectivity index (χ1n) is 8.11. The fourth-order valence-electron chi connectivity index (χ4n) is 2.85. The highest BCUT2D eigenvalue weighted by Crippen LogP contribution is 2.47. The van der Waals surface area contributed by atoms with Crippen molar-refractivity contribution in [3.63, 3.8) is 0 Å². The molecule has 1 aromatic carbocycles. The Hall–Kier alpha value is -3.09. The van der Waals surface area contributed by atoms with Crippen LogP contribution in [0.3, 0.4) is 0 Å². The van der Waals surface area contributed by atoms with Crippen LogP contribution in [0.25, 0.3) is 5.69 Å². The van der Waals surface area contributed by atoms with E-state index in [-0.39, 0.29) is 17.7 Å². The van der Waals surface area contributed by atoms with Gasteiger partial charge in [0.1, 0.15) is 17.2 Å². The molecule has 2 aromatic heterocycles. The second kappa shape index (κ2) is 6.43. The van der Waals surface area contributed by atoms with Crippen LogP contribution in [-0.2, 0) is 11.3 Å². The summed E-state index contributed by atoms with van der Waals surface area (Å²) < 4.78 is 12.2. The second-order valence-electron chi connectivity index (χ2n) is 6.03. The number of benzene rings is 1. The normalized spacial score (nSPS) is 18.8. The van der Waals surface area contributed by atoms with Crippen molar-refractivity contribution in [3.05, 3.63) is 60.3 Å². The Morgan fingerprint density at radius 2 is 2.20 bits per heavy atom. The molecule has 0 bridgehead atoms. The van der Waals surface area contributed by atoms with Crippen molar-refractivity contribution in [3.8, 4) is 11.4 Å². The van der Waals surface area contributed by atoms with Gasteiger partial charge in [-0.1, -0.05) is 5.21 Å². The molecule has 3 aromatic rings. The smallest absolute Gasteiger partial charge is 0.224 e. The number of amides is 1. The van der Waals surface area contributed by atoms with Crippen LogP contribution >= 0.6 is 0 Å². The van der Waals surface area contributed by atoms with E-state index in [4.69, 9.17) is 9.15 Å². The third-order valence-electron chi connectivity index (χ3n) is 4.36. The molecule has 2 unspecified atom stereocenters. The molecule has 0 radical (unpaired) electrons. The van der Waals surface area contributed by atoms with E-state index in [9.17, 15) is 4.79 Å². The topological polar surface area (TPSA) is 82.2 Å². The molecule has 2 heterocycles. The molecule has 0 spiro atoms. The summed E-state index contributed by atoms with van der Waals surface area (Å²) in [7, 11) is 1.63. The van der Waals surface area contributed by atoms with Crippen molar-refractivity contribution in [2.24, 2.45) is 5.92 Å². The number of hydrogen-bond donors (Lipinski definition) is 1. The molecule has 4 rings (SSSR count). The number of carbonyl (C=O) groups is 1. The lowest BCUT2D eigenvalue weighted by Crippen LogP contribution is -2.25. The number of ether oxygens (including phenoxy) is 1. The number of furan rings is 1. The van der Waals surface area contributed by atoms with Crippen LogP contribution in [-0.4, -0.2) is 28.0 Å². The van der Waals surface area contributed by atoms with Gasteiger partial charge in [0.15, 0.2) is 0 Å². The van der Waals surface area contributed by atoms with Crippen LogP contribution < -0.4 is 10.1 Å². The molecule has 1 aliphatic carbocycles. The number of nitrogens with zero attached hydrogens (tertiary/aromatic N) is 3. The fraction of sp³-hybridized carbons (Fsp3) is 0.278. The lowest BCUT2D eigenvalue weighted by atomic mass is 10.2. The van der Waals surface area contributed by atoms with Gasteiger partial charge in [-0.15, -0.1) is 5.10 Å². The van der Waals surface area contributed by atoms with Gasteiger partial charge < -0.3 is 14.5 Å². The third-order valence-corrected chi connectivity index (χ3v) is 4.36. The number of carbonyl (C=O) groups excluding carboxylic acids is 1. The van der Waals surface area contributed by atoms with Crippen LogP contribution in [0.5, 0.6) is 5.75 Å². The van der Waals surface area contributed by atoms with Crippen LogP contribution in [0.15, 0.2) is 53.3 Å². The van der Waals surface area contributed by atoms with Gasteiger partial charge in [0.25, 0.3) is 0 Å². The maximum atomic E-state index is 12.2. The van der Waals surface area contributed by atoms with E-state index in [0.717, 1.165) is 23.6 Å². The van der Waals surface area contributed by atoms with Crippen molar-refractivity contribution in [2.45, 2.75) is 18.9 Å². The zero-order valence-corrected chi connectivity index (χ0v) is 13.8. The van der Waals surface area contributed by atoms with Gasteiger partial charge in [0, 0.05) is 11.8 Å². The Morgan fingerprint density at radius 1 is 1.36 bits per heavy atom. The standard InChI is InChI=1S/C18H18N4O3/c1-24-14-6-4-13(5-7-14)22-11-12(20-21-22)10-19-18(23)16-9-15(16)17-3-2-8-25-17/h2-8,11,15-16H,9-10H2,1H3,(H,19,23). The predicted octanol–water partition coefficient (Wildman–Crippen LogP) is 2.29. The number of methoxy groups -OCH3 is 1. The first kappa shape index (κ1) is 15.4. The Kier molecular flexibility index (Phi) is 3.97. The third kappa shape index (κ3) is 3.26. The first-order chi connectivity index (χ1) is 12.2. The summed E-state index contributed by atoms with van der Waals surface area (Å²) >= 11 is 0. The van der Waals surface area contributed by atoms with Crippen molar-refractivity contribution < 1.29 is 13.9 Å². The van der Waals surface area contributed by atoms with Gasteiger partial charge in [0.05, 0.1) is 31.8 Å². The summed E-state index contributed by atoms with van der Waals surface area (Å²) in [4.78, 5) is 12.2. The number of aromatic nitrogens is 3. The summed E-state index contributed by atoms with van der Waals surface area (Å²) in [6.45, 7) is 0.358. The molecule has 0 saturated heterocycles. The van der Waals surface area contributed by atoms with Crippen molar-refractivity contribution in [1.29, 1.82) is 0 Å². The van der Waals surface area contributed by atoms with Gasteiger partial charge in [-0.3, -0.25) is 4.79 Å². The molecule has 1 saturated carbocycles. The zero-order chi connectivity index (χ0) is 17.2. The Bertz CT molecular complexity index is 855. The van der Waals surface area contributed by atoms with Crippen LogP contribution in [0.1, 0.15) is 23.8 Å². The maximum absolute atomic E-state index is 12.2. The minimum Gasteiger partial charge on any atom is -0.497 e. The van der Waals surface area contributed by atoms with Gasteiger partial charge in [-0.25, -0.2) is 4.68 Å². The predicted molar refractivity (Wildman–Crippen MR) is 89.3 cm³/mol. The quantitative estimate of drug-likeness (QED) is 0.746. The lowest BCUT2D eigenvalue weighted by Gasteiger charge is -2.02. The summed E-state index contributed by atoms with van der Waals surface area (Å²) in [5, 5.41) is 11.1. The fourth-order valence-corrected chi connectivity index (χ4v) is 2.85. The van der Waals surface area contributed by atoms with E-state index >= 15 is 0 Å². The summed E-state index contributed by atoms with van der Waals surface area (Å²) in [5.41, 5.74) is 1.59. The minimum atomic E-state index is -0.0113. The molecule has 7 nitrogen and oxygen atoms in total. The molecular weight excluding hydrogens is 320 g/mol. The molecule has 25 heavy (non-hydrogen) atoms. The average Bonchev–Trinajstić information content (AvgIpc) is 3.06. The van der Waals surface area contributed by atoms with Crippen molar-refractivity contribution in [2.75, 3.05) is 7.11 Å². The maximum Gasteiger partial charge on any atom is 0.224 e. The largest absolute Gasteiger partial charge is 0.497 e. The Balaban J connectivity index is 1.33. The van der Waals surface area contributed by atoms with E-state index in [2.05, 4.69) is 15.6 Å². The minimum absolute atomic E-state index is 0.0113. The monoisotopic (exact) mass is 338 g/mol.